The third kappa shape index (κ3) is 2.49. The summed E-state index contributed by atoms with van der Waals surface area (Å²) in [5, 5.41) is 37.4. The molecule has 2 aromatic rings. The highest BCUT2D eigenvalue weighted by Crippen LogP contribution is 2.32. The van der Waals surface area contributed by atoms with Gasteiger partial charge >= 0.3 is 0 Å². The first-order valence-corrected chi connectivity index (χ1v) is 7.42. The molecule has 1 fully saturated rings. The lowest BCUT2D eigenvalue weighted by molar-refractivity contribution is -0.0508. The predicted molar refractivity (Wildman–Crippen MR) is 81.8 cm³/mol. The van der Waals surface area contributed by atoms with Gasteiger partial charge in [0.15, 0.2) is 6.23 Å². The van der Waals surface area contributed by atoms with Crippen molar-refractivity contribution in [3.63, 3.8) is 0 Å². The third-order valence-corrected chi connectivity index (χ3v) is 3.94. The monoisotopic (exact) mass is 338 g/mol. The Bertz CT molecular complexity index is 815. The molecule has 5 N–H and O–H groups in total. The number of aromatic nitrogens is 3. The van der Waals surface area contributed by atoms with E-state index in [1.807, 2.05) is 0 Å². The van der Waals surface area contributed by atoms with Gasteiger partial charge in [-0.25, -0.2) is 4.98 Å². The number of H-pyrrole nitrogens is 1. The number of rotatable bonds is 4. The molecule has 1 aliphatic heterocycles. The molecule has 3 heterocycles. The molecule has 4 atom stereocenters. The average molecular weight is 338 g/mol. The van der Waals surface area contributed by atoms with Gasteiger partial charge in [0, 0.05) is 6.20 Å². The number of nitrogens with zero attached hydrogens (tertiary/aromatic N) is 2. The lowest BCUT2D eigenvalue weighted by Crippen LogP contribution is -2.33. The molecule has 0 bridgehead atoms. The van der Waals surface area contributed by atoms with Crippen molar-refractivity contribution in [3.8, 4) is 0 Å². The summed E-state index contributed by atoms with van der Waals surface area (Å²) in [5.41, 5.74) is -0.100. The Morgan fingerprint density at radius 2 is 2.25 bits per heavy atom. The van der Waals surface area contributed by atoms with E-state index >= 15 is 0 Å². The van der Waals surface area contributed by atoms with E-state index in [0.29, 0.717) is 0 Å². The number of ether oxygens (including phenoxy) is 2. The third-order valence-electron chi connectivity index (χ3n) is 3.94. The quantitative estimate of drug-likeness (QED) is 0.343. The first kappa shape index (κ1) is 16.6. The average Bonchev–Trinajstić information content (AvgIpc) is 3.08. The maximum absolute atomic E-state index is 12.1. The maximum atomic E-state index is 12.1. The van der Waals surface area contributed by atoms with E-state index in [1.165, 1.54) is 17.1 Å². The molecule has 1 aliphatic rings. The molecule has 2 aromatic heterocycles. The van der Waals surface area contributed by atoms with Crippen LogP contribution in [0.2, 0.25) is 0 Å². The van der Waals surface area contributed by atoms with Gasteiger partial charge in [-0.15, -0.1) is 0 Å². The number of hydrogen-bond acceptors (Lipinski definition) is 8. The molecular formula is C14H18N4O6. The van der Waals surface area contributed by atoms with Gasteiger partial charge in [0.1, 0.15) is 24.0 Å². The van der Waals surface area contributed by atoms with Crippen molar-refractivity contribution in [2.45, 2.75) is 31.5 Å². The molecule has 0 radical (unpaired) electrons. The van der Waals surface area contributed by atoms with Gasteiger partial charge in [-0.2, -0.15) is 0 Å². The van der Waals surface area contributed by atoms with Crippen molar-refractivity contribution in [1.82, 2.24) is 14.5 Å². The molecular weight excluding hydrogens is 320 g/mol. The lowest BCUT2D eigenvalue weighted by atomic mass is 10.1. The molecule has 130 valence electrons. The zero-order valence-corrected chi connectivity index (χ0v) is 12.8. The van der Waals surface area contributed by atoms with Crippen LogP contribution in [0.15, 0.2) is 17.3 Å². The zero-order chi connectivity index (χ0) is 17.4. The molecule has 10 heteroatoms. The van der Waals surface area contributed by atoms with E-state index in [1.54, 1.807) is 6.92 Å². The van der Waals surface area contributed by atoms with Crippen LogP contribution in [0.5, 0.6) is 0 Å². The highest BCUT2D eigenvalue weighted by atomic mass is 16.6. The van der Waals surface area contributed by atoms with Crippen LogP contribution in [-0.2, 0) is 9.47 Å². The number of hydrogen-bond donors (Lipinski definition) is 5. The Kier molecular flexibility index (Phi) is 4.37. The second kappa shape index (κ2) is 6.32. The second-order valence-corrected chi connectivity index (χ2v) is 5.37. The summed E-state index contributed by atoms with van der Waals surface area (Å²) in [5.74, 6) is -0.216. The molecule has 3 rings (SSSR count). The summed E-state index contributed by atoms with van der Waals surface area (Å²) in [7, 11) is 0. The van der Waals surface area contributed by atoms with Crippen LogP contribution in [0.4, 0.5) is 0 Å². The summed E-state index contributed by atoms with van der Waals surface area (Å²) < 4.78 is 12.0. The Balaban J connectivity index is 2.14. The minimum atomic E-state index is -1.33. The molecule has 0 saturated carbocycles. The molecule has 1 saturated heterocycles. The summed E-state index contributed by atoms with van der Waals surface area (Å²) in [4.78, 5) is 18.7. The van der Waals surface area contributed by atoms with Crippen LogP contribution in [0.3, 0.4) is 0 Å². The molecule has 0 amide bonds. The fourth-order valence-electron chi connectivity index (χ4n) is 2.79. The van der Waals surface area contributed by atoms with Crippen LogP contribution >= 0.6 is 0 Å². The van der Waals surface area contributed by atoms with E-state index in [4.69, 9.17) is 14.9 Å². The predicted octanol–water partition coefficient (Wildman–Crippen LogP) is -1.30. The van der Waals surface area contributed by atoms with Gasteiger partial charge < -0.3 is 34.3 Å². The van der Waals surface area contributed by atoms with Crippen LogP contribution < -0.4 is 5.56 Å². The molecule has 0 spiro atoms. The molecule has 0 aliphatic carbocycles. The van der Waals surface area contributed by atoms with Crippen molar-refractivity contribution in [1.29, 1.82) is 5.41 Å². The van der Waals surface area contributed by atoms with Crippen LogP contribution in [0.1, 0.15) is 18.7 Å². The highest BCUT2D eigenvalue weighted by Gasteiger charge is 2.44. The van der Waals surface area contributed by atoms with Gasteiger partial charge in [-0.05, 0) is 6.92 Å². The summed E-state index contributed by atoms with van der Waals surface area (Å²) in [6, 6.07) is 0. The zero-order valence-electron chi connectivity index (χ0n) is 12.8. The normalized spacial score (nSPS) is 26.8. The Hall–Kier alpha value is -2.27. The van der Waals surface area contributed by atoms with Crippen molar-refractivity contribution < 1.29 is 24.8 Å². The van der Waals surface area contributed by atoms with E-state index in [-0.39, 0.29) is 29.1 Å². The second-order valence-electron chi connectivity index (χ2n) is 5.37. The minimum absolute atomic E-state index is 0.119. The van der Waals surface area contributed by atoms with E-state index in [2.05, 4.69) is 9.97 Å². The number of nitrogens with one attached hydrogen (secondary N) is 2. The van der Waals surface area contributed by atoms with Gasteiger partial charge in [0.05, 0.1) is 30.5 Å². The Morgan fingerprint density at radius 1 is 1.50 bits per heavy atom. The van der Waals surface area contributed by atoms with Crippen LogP contribution in [-0.4, -0.2) is 67.3 Å². The Morgan fingerprint density at radius 3 is 2.88 bits per heavy atom. The van der Waals surface area contributed by atoms with Crippen LogP contribution in [0.25, 0.3) is 11.0 Å². The van der Waals surface area contributed by atoms with Gasteiger partial charge in [-0.1, -0.05) is 0 Å². The van der Waals surface area contributed by atoms with Crippen molar-refractivity contribution in [2.24, 2.45) is 0 Å². The smallest absolute Gasteiger partial charge is 0.261 e. The van der Waals surface area contributed by atoms with E-state index in [9.17, 15) is 20.1 Å². The fourth-order valence-corrected chi connectivity index (χ4v) is 2.79. The first-order chi connectivity index (χ1) is 11.5. The first-order valence-electron chi connectivity index (χ1n) is 7.42. The van der Waals surface area contributed by atoms with Gasteiger partial charge in [-0.3, -0.25) is 10.2 Å². The SMILES string of the molecule is CCOC(=N)c1cn([C@@H]2O[C@H](CO)[C@@H](O)[C@H]2O)c2nc[nH]c(=O)c12. The van der Waals surface area contributed by atoms with Gasteiger partial charge in [0.25, 0.3) is 5.56 Å². The molecule has 0 unspecified atom stereocenters. The number of aliphatic hydroxyl groups excluding tert-OH is 3. The van der Waals surface area contributed by atoms with Crippen molar-refractivity contribution >= 4 is 16.9 Å². The van der Waals surface area contributed by atoms with Gasteiger partial charge in [0.2, 0.25) is 5.90 Å². The number of aliphatic hydroxyl groups is 3. The summed E-state index contributed by atoms with van der Waals surface area (Å²) in [6.07, 6.45) is -2.03. The summed E-state index contributed by atoms with van der Waals surface area (Å²) in [6.45, 7) is 1.49. The van der Waals surface area contributed by atoms with Crippen molar-refractivity contribution in [2.75, 3.05) is 13.2 Å². The number of aromatic amines is 1. The summed E-state index contributed by atoms with van der Waals surface area (Å²) >= 11 is 0. The molecule has 24 heavy (non-hydrogen) atoms. The Labute approximate surface area is 135 Å². The topological polar surface area (TPSA) is 154 Å². The fraction of sp³-hybridized carbons (Fsp3) is 0.500. The number of fused-ring (bicyclic) bond motifs is 1. The van der Waals surface area contributed by atoms with E-state index in [0.717, 1.165) is 0 Å². The molecule has 10 nitrogen and oxygen atoms in total. The van der Waals surface area contributed by atoms with Crippen LogP contribution in [0, 0.1) is 5.41 Å². The maximum Gasteiger partial charge on any atom is 0.261 e. The van der Waals surface area contributed by atoms with Crippen molar-refractivity contribution in [3.05, 3.63) is 28.4 Å². The lowest BCUT2D eigenvalue weighted by Gasteiger charge is -2.17. The largest absolute Gasteiger partial charge is 0.478 e. The standard InChI is InChI=1S/C14H18N4O6/c1-2-23-11(15)6-3-18(12-8(6)13(22)17-5-16-12)14-10(21)9(20)7(4-19)24-14/h3,5,7,9-10,14-15,19-21H,2,4H2,1H3,(H,16,17,22)/t7-,9-,10-,14-/m1/s1. The van der Waals surface area contributed by atoms with E-state index < -0.39 is 36.7 Å². The molecule has 0 aromatic carbocycles. The minimum Gasteiger partial charge on any atom is -0.478 e. The highest BCUT2D eigenvalue weighted by molar-refractivity contribution is 6.04.